The van der Waals surface area contributed by atoms with Gasteiger partial charge in [-0.2, -0.15) is 0 Å². The number of rotatable bonds is 4. The smallest absolute Gasteiger partial charge is 0.325 e. The van der Waals surface area contributed by atoms with Gasteiger partial charge < -0.3 is 9.88 Å². The highest BCUT2D eigenvalue weighted by atomic mass is 32.2. The Morgan fingerprint density at radius 2 is 2.12 bits per heavy atom. The van der Waals surface area contributed by atoms with E-state index in [-0.39, 0.29) is 17.2 Å². The monoisotopic (exact) mass is 345 g/mol. The largest absolute Gasteiger partial charge is 0.327 e. The number of nitrogens with zero attached hydrogens (tertiary/aromatic N) is 2. The molecule has 0 aliphatic heterocycles. The van der Waals surface area contributed by atoms with Crippen LogP contribution in [0.3, 0.4) is 0 Å². The fraction of sp³-hybridized carbons (Fsp3) is 0.200. The lowest BCUT2D eigenvalue weighted by molar-refractivity contribution is -0.113. The Labute approximate surface area is 140 Å². The maximum Gasteiger partial charge on any atom is 0.327 e. The van der Waals surface area contributed by atoms with Crippen molar-refractivity contribution in [2.24, 2.45) is 7.05 Å². The Balaban J connectivity index is 1.75. The zero-order valence-electron chi connectivity index (χ0n) is 13.0. The van der Waals surface area contributed by atoms with Crippen molar-refractivity contribution in [2.45, 2.75) is 12.1 Å². The molecule has 0 unspecified atom stereocenters. The van der Waals surface area contributed by atoms with E-state index in [9.17, 15) is 14.4 Å². The summed E-state index contributed by atoms with van der Waals surface area (Å²) in [6.07, 6.45) is 0. The first-order chi connectivity index (χ1) is 11.4. The van der Waals surface area contributed by atoms with Gasteiger partial charge in [0.05, 0.1) is 5.75 Å². The van der Waals surface area contributed by atoms with E-state index in [4.69, 9.17) is 0 Å². The van der Waals surface area contributed by atoms with Gasteiger partial charge in [-0.3, -0.25) is 19.6 Å². The van der Waals surface area contributed by atoms with E-state index < -0.39 is 11.2 Å². The Hall–Kier alpha value is -2.81. The summed E-state index contributed by atoms with van der Waals surface area (Å²) in [6.45, 7) is 1.95. The Morgan fingerprint density at radius 3 is 2.88 bits per heavy atom. The fourth-order valence-corrected chi connectivity index (χ4v) is 3.03. The van der Waals surface area contributed by atoms with Gasteiger partial charge in [-0.05, 0) is 24.6 Å². The number of thioether (sulfide) groups is 1. The number of carbonyl (C=O) groups is 1. The number of carbonyl (C=O) groups excluding carboxylic acids is 1. The minimum Gasteiger partial charge on any atom is -0.325 e. The summed E-state index contributed by atoms with van der Waals surface area (Å²) in [7, 11) is 1.67. The summed E-state index contributed by atoms with van der Waals surface area (Å²) in [5, 5.41) is 3.27. The highest BCUT2D eigenvalue weighted by Gasteiger charge is 2.14. The first kappa shape index (κ1) is 16.1. The number of aryl methyl sites for hydroxylation is 2. The molecule has 1 aromatic carbocycles. The standard InChI is InChI=1S/C15H15N5O3S/c1-8-4-3-5-9(6-8)16-10(21)7-24-15-17-11-12(20(15)2)18-14(23)19-13(11)22/h3-6H,7H2,1-2H3,(H,16,21)(H2,18,19,22,23). The van der Waals surface area contributed by atoms with Crippen LogP contribution in [0.1, 0.15) is 5.56 Å². The molecule has 3 N–H and O–H groups in total. The molecule has 1 amide bonds. The van der Waals surface area contributed by atoms with E-state index in [1.54, 1.807) is 11.6 Å². The normalized spacial score (nSPS) is 10.9. The summed E-state index contributed by atoms with van der Waals surface area (Å²) in [5.41, 5.74) is 1.10. The summed E-state index contributed by atoms with van der Waals surface area (Å²) >= 11 is 1.18. The zero-order chi connectivity index (χ0) is 17.3. The average molecular weight is 345 g/mol. The quantitative estimate of drug-likeness (QED) is 0.610. The van der Waals surface area contributed by atoms with E-state index in [0.717, 1.165) is 11.3 Å². The predicted molar refractivity (Wildman–Crippen MR) is 92.5 cm³/mol. The van der Waals surface area contributed by atoms with Crippen molar-refractivity contribution in [3.05, 3.63) is 50.7 Å². The second-order valence-electron chi connectivity index (χ2n) is 5.27. The van der Waals surface area contributed by atoms with Crippen LogP contribution in [0, 0.1) is 6.92 Å². The average Bonchev–Trinajstić information content (AvgIpc) is 2.82. The highest BCUT2D eigenvalue weighted by Crippen LogP contribution is 2.19. The van der Waals surface area contributed by atoms with E-state index in [1.807, 2.05) is 31.2 Å². The van der Waals surface area contributed by atoms with Crippen molar-refractivity contribution in [1.82, 2.24) is 19.5 Å². The van der Waals surface area contributed by atoms with Crippen LogP contribution >= 0.6 is 11.8 Å². The molecule has 9 heteroatoms. The second kappa shape index (κ2) is 6.36. The molecule has 0 saturated carbocycles. The number of nitrogens with one attached hydrogen (secondary N) is 3. The molecule has 0 radical (unpaired) electrons. The minimum absolute atomic E-state index is 0.132. The molecule has 0 spiro atoms. The van der Waals surface area contributed by atoms with Crippen molar-refractivity contribution >= 4 is 34.5 Å². The molecule has 0 aliphatic carbocycles. The number of fused-ring (bicyclic) bond motifs is 1. The van der Waals surface area contributed by atoms with Gasteiger partial charge in [-0.1, -0.05) is 23.9 Å². The number of H-pyrrole nitrogens is 2. The maximum absolute atomic E-state index is 12.0. The van der Waals surface area contributed by atoms with Gasteiger partial charge in [0.2, 0.25) is 5.91 Å². The zero-order valence-corrected chi connectivity index (χ0v) is 13.9. The van der Waals surface area contributed by atoms with Crippen LogP contribution in [-0.4, -0.2) is 31.2 Å². The molecule has 0 fully saturated rings. The topological polar surface area (TPSA) is 113 Å². The van der Waals surface area contributed by atoms with Gasteiger partial charge in [-0.25, -0.2) is 9.78 Å². The van der Waals surface area contributed by atoms with Crippen molar-refractivity contribution in [1.29, 1.82) is 0 Å². The first-order valence-corrected chi connectivity index (χ1v) is 8.11. The lowest BCUT2D eigenvalue weighted by Gasteiger charge is -2.06. The molecule has 3 rings (SSSR count). The van der Waals surface area contributed by atoms with E-state index in [2.05, 4.69) is 20.3 Å². The third kappa shape index (κ3) is 3.25. The summed E-state index contributed by atoms with van der Waals surface area (Å²) in [6, 6.07) is 7.51. The van der Waals surface area contributed by atoms with Gasteiger partial charge in [-0.15, -0.1) is 0 Å². The molecule has 0 saturated heterocycles. The molecule has 2 aromatic heterocycles. The van der Waals surface area contributed by atoms with Crippen LogP contribution < -0.4 is 16.6 Å². The molecule has 2 heterocycles. The van der Waals surface area contributed by atoms with Crippen LogP contribution in [-0.2, 0) is 11.8 Å². The second-order valence-corrected chi connectivity index (χ2v) is 6.21. The number of anilines is 1. The summed E-state index contributed by atoms with van der Waals surface area (Å²) in [5.74, 6) is -0.0483. The van der Waals surface area contributed by atoms with Gasteiger partial charge >= 0.3 is 5.69 Å². The lowest BCUT2D eigenvalue weighted by atomic mass is 10.2. The Kier molecular flexibility index (Phi) is 4.26. The van der Waals surface area contributed by atoms with Gasteiger partial charge in [0.15, 0.2) is 10.7 Å². The maximum atomic E-state index is 12.0. The van der Waals surface area contributed by atoms with Crippen molar-refractivity contribution in [3.8, 4) is 0 Å². The van der Waals surface area contributed by atoms with Crippen LogP contribution in [0.2, 0.25) is 0 Å². The number of amides is 1. The first-order valence-electron chi connectivity index (χ1n) is 7.12. The van der Waals surface area contributed by atoms with Crippen molar-refractivity contribution in [2.75, 3.05) is 11.1 Å². The van der Waals surface area contributed by atoms with E-state index in [1.165, 1.54) is 11.8 Å². The molecule has 0 atom stereocenters. The van der Waals surface area contributed by atoms with Gasteiger partial charge in [0.25, 0.3) is 5.56 Å². The summed E-state index contributed by atoms with van der Waals surface area (Å²) in [4.78, 5) is 44.0. The third-order valence-corrected chi connectivity index (χ3v) is 4.39. The predicted octanol–water partition coefficient (Wildman–Crippen LogP) is 0.989. The molecule has 0 bridgehead atoms. The number of imidazole rings is 1. The number of aromatic nitrogens is 4. The Bertz CT molecular complexity index is 1030. The van der Waals surface area contributed by atoms with Crippen molar-refractivity contribution < 1.29 is 4.79 Å². The molecular weight excluding hydrogens is 330 g/mol. The van der Waals surface area contributed by atoms with E-state index >= 15 is 0 Å². The molecule has 8 nitrogen and oxygen atoms in total. The SMILES string of the molecule is Cc1cccc(NC(=O)CSc2nc3c(=O)[nH]c(=O)[nH]c3n2C)c1. The molecule has 3 aromatic rings. The van der Waals surface area contributed by atoms with Crippen LogP contribution in [0.15, 0.2) is 39.0 Å². The fourth-order valence-electron chi connectivity index (χ4n) is 2.26. The Morgan fingerprint density at radius 1 is 1.33 bits per heavy atom. The number of benzene rings is 1. The van der Waals surface area contributed by atoms with E-state index in [0.29, 0.717) is 10.8 Å². The van der Waals surface area contributed by atoms with Gasteiger partial charge in [0.1, 0.15) is 5.65 Å². The molecule has 24 heavy (non-hydrogen) atoms. The third-order valence-electron chi connectivity index (χ3n) is 3.36. The number of hydrogen-bond donors (Lipinski definition) is 3. The van der Waals surface area contributed by atoms with Gasteiger partial charge in [0, 0.05) is 12.7 Å². The lowest BCUT2D eigenvalue weighted by Crippen LogP contribution is -2.22. The molecule has 0 aliphatic rings. The number of hydrogen-bond acceptors (Lipinski definition) is 5. The molecule has 124 valence electrons. The minimum atomic E-state index is -0.593. The number of aromatic amines is 2. The van der Waals surface area contributed by atoms with Crippen LogP contribution in [0.5, 0.6) is 0 Å². The highest BCUT2D eigenvalue weighted by molar-refractivity contribution is 7.99. The van der Waals surface area contributed by atoms with Crippen LogP contribution in [0.4, 0.5) is 5.69 Å². The van der Waals surface area contributed by atoms with Crippen LogP contribution in [0.25, 0.3) is 11.2 Å². The molecular formula is C15H15N5O3S. The van der Waals surface area contributed by atoms with Crippen molar-refractivity contribution in [3.63, 3.8) is 0 Å². The summed E-state index contributed by atoms with van der Waals surface area (Å²) < 4.78 is 1.58.